The lowest BCUT2D eigenvalue weighted by atomic mass is 9.89. The summed E-state index contributed by atoms with van der Waals surface area (Å²) in [6, 6.07) is 15.3. The molecule has 0 spiro atoms. The standard InChI is InChI=1S/C21H21N3O3/c1-13-22-18-8-7-14(9-19(18)23-13)10-20(25)24-11-16(17(12-24)21(26)27)15-5-3-2-4-6-15/h2-9,16-17H,10-12H2,1H3,(H,22,23)(H,26,27)/t16-,17+/m0/s1. The highest BCUT2D eigenvalue weighted by molar-refractivity contribution is 5.83. The van der Waals surface area contributed by atoms with Crippen LogP contribution in [0, 0.1) is 12.8 Å². The Hall–Kier alpha value is -3.15. The summed E-state index contributed by atoms with van der Waals surface area (Å²) in [6.45, 7) is 2.58. The Kier molecular flexibility index (Phi) is 4.39. The maximum atomic E-state index is 12.8. The van der Waals surface area contributed by atoms with Crippen LogP contribution in [0.5, 0.6) is 0 Å². The molecule has 0 bridgehead atoms. The van der Waals surface area contributed by atoms with Crippen molar-refractivity contribution in [1.29, 1.82) is 0 Å². The number of aliphatic carboxylic acids is 1. The number of aromatic nitrogens is 2. The molecule has 6 nitrogen and oxygen atoms in total. The zero-order valence-corrected chi connectivity index (χ0v) is 15.1. The molecule has 1 saturated heterocycles. The highest BCUT2D eigenvalue weighted by atomic mass is 16.4. The van der Waals surface area contributed by atoms with Gasteiger partial charge in [0.05, 0.1) is 23.4 Å². The van der Waals surface area contributed by atoms with Gasteiger partial charge in [0.2, 0.25) is 5.91 Å². The molecule has 0 radical (unpaired) electrons. The second-order valence-electron chi connectivity index (χ2n) is 7.11. The summed E-state index contributed by atoms with van der Waals surface area (Å²) in [5, 5.41) is 9.61. The number of imidazole rings is 1. The molecule has 0 aliphatic carbocycles. The number of hydrogen-bond donors (Lipinski definition) is 2. The van der Waals surface area contributed by atoms with Crippen molar-refractivity contribution in [2.24, 2.45) is 5.92 Å². The van der Waals surface area contributed by atoms with Crippen molar-refractivity contribution in [3.63, 3.8) is 0 Å². The van der Waals surface area contributed by atoms with Crippen LogP contribution in [0.2, 0.25) is 0 Å². The number of H-pyrrole nitrogens is 1. The first kappa shape index (κ1) is 17.3. The van der Waals surface area contributed by atoms with Crippen molar-refractivity contribution in [2.45, 2.75) is 19.3 Å². The molecule has 2 atom stereocenters. The third-order valence-corrected chi connectivity index (χ3v) is 5.24. The first-order valence-corrected chi connectivity index (χ1v) is 9.02. The molecule has 3 aromatic rings. The second kappa shape index (κ2) is 6.87. The van der Waals surface area contributed by atoms with Crippen LogP contribution in [-0.2, 0) is 16.0 Å². The van der Waals surface area contributed by atoms with Crippen molar-refractivity contribution in [2.75, 3.05) is 13.1 Å². The van der Waals surface area contributed by atoms with E-state index in [1.165, 1.54) is 0 Å². The van der Waals surface area contributed by atoms with Gasteiger partial charge in [0.1, 0.15) is 5.82 Å². The van der Waals surface area contributed by atoms with E-state index in [0.717, 1.165) is 28.0 Å². The Morgan fingerprint density at radius 1 is 1.19 bits per heavy atom. The summed E-state index contributed by atoms with van der Waals surface area (Å²) in [7, 11) is 0. The molecule has 1 aliphatic rings. The van der Waals surface area contributed by atoms with Crippen LogP contribution in [0.25, 0.3) is 11.0 Å². The predicted molar refractivity (Wildman–Crippen MR) is 101 cm³/mol. The lowest BCUT2D eigenvalue weighted by Crippen LogP contribution is -2.31. The summed E-state index contributed by atoms with van der Waals surface area (Å²) >= 11 is 0. The van der Waals surface area contributed by atoms with Crippen LogP contribution in [-0.4, -0.2) is 44.9 Å². The van der Waals surface area contributed by atoms with E-state index in [1.807, 2.05) is 55.5 Å². The number of amides is 1. The number of nitrogens with zero attached hydrogens (tertiary/aromatic N) is 2. The minimum atomic E-state index is -0.853. The van der Waals surface area contributed by atoms with Crippen LogP contribution in [0.15, 0.2) is 48.5 Å². The molecule has 1 aromatic heterocycles. The summed E-state index contributed by atoms with van der Waals surface area (Å²) in [4.78, 5) is 33.7. The van der Waals surface area contributed by atoms with Crippen LogP contribution < -0.4 is 0 Å². The van der Waals surface area contributed by atoms with E-state index in [1.54, 1.807) is 4.90 Å². The van der Waals surface area contributed by atoms with Gasteiger partial charge in [-0.25, -0.2) is 4.98 Å². The third kappa shape index (κ3) is 3.43. The molecule has 1 fully saturated rings. The average Bonchev–Trinajstić information content (AvgIpc) is 3.25. The number of benzene rings is 2. The number of carbonyl (C=O) groups is 2. The maximum absolute atomic E-state index is 12.8. The lowest BCUT2D eigenvalue weighted by molar-refractivity contribution is -0.141. The minimum Gasteiger partial charge on any atom is -0.481 e. The average molecular weight is 363 g/mol. The number of nitrogens with one attached hydrogen (secondary N) is 1. The third-order valence-electron chi connectivity index (χ3n) is 5.24. The number of hydrogen-bond acceptors (Lipinski definition) is 3. The van der Waals surface area contributed by atoms with Crippen LogP contribution >= 0.6 is 0 Å². The van der Waals surface area contributed by atoms with Gasteiger partial charge in [-0.2, -0.15) is 0 Å². The van der Waals surface area contributed by atoms with Gasteiger partial charge < -0.3 is 15.0 Å². The van der Waals surface area contributed by atoms with Crippen molar-refractivity contribution in [3.05, 3.63) is 65.5 Å². The van der Waals surface area contributed by atoms with Crippen molar-refractivity contribution in [1.82, 2.24) is 14.9 Å². The molecule has 4 rings (SSSR count). The van der Waals surface area contributed by atoms with Gasteiger partial charge >= 0.3 is 5.97 Å². The summed E-state index contributed by atoms with van der Waals surface area (Å²) in [5.41, 5.74) is 3.64. The molecule has 1 amide bonds. The summed E-state index contributed by atoms with van der Waals surface area (Å²) < 4.78 is 0. The van der Waals surface area contributed by atoms with E-state index in [4.69, 9.17) is 0 Å². The Morgan fingerprint density at radius 2 is 1.96 bits per heavy atom. The molecular formula is C21H21N3O3. The molecule has 0 unspecified atom stereocenters. The Labute approximate surface area is 156 Å². The summed E-state index contributed by atoms with van der Waals surface area (Å²) in [6.07, 6.45) is 0.252. The zero-order chi connectivity index (χ0) is 19.0. The van der Waals surface area contributed by atoms with Crippen molar-refractivity contribution >= 4 is 22.9 Å². The Bertz CT molecular complexity index is 996. The fraction of sp³-hybridized carbons (Fsp3) is 0.286. The maximum Gasteiger partial charge on any atom is 0.308 e. The monoisotopic (exact) mass is 363 g/mol. The van der Waals surface area contributed by atoms with Crippen molar-refractivity contribution < 1.29 is 14.7 Å². The number of likely N-dealkylation sites (tertiary alicyclic amines) is 1. The molecule has 2 heterocycles. The topological polar surface area (TPSA) is 86.3 Å². The van der Waals surface area contributed by atoms with Crippen LogP contribution in [0.4, 0.5) is 0 Å². The highest BCUT2D eigenvalue weighted by Crippen LogP contribution is 2.33. The van der Waals surface area contributed by atoms with Crippen molar-refractivity contribution in [3.8, 4) is 0 Å². The number of aryl methyl sites for hydroxylation is 1. The fourth-order valence-electron chi connectivity index (χ4n) is 3.88. The quantitative estimate of drug-likeness (QED) is 0.746. The van der Waals surface area contributed by atoms with Gasteiger partial charge in [-0.1, -0.05) is 36.4 Å². The zero-order valence-electron chi connectivity index (χ0n) is 15.1. The van der Waals surface area contributed by atoms with E-state index in [-0.39, 0.29) is 24.8 Å². The van der Waals surface area contributed by atoms with Gasteiger partial charge in [0.15, 0.2) is 0 Å². The smallest absolute Gasteiger partial charge is 0.308 e. The normalized spacial score (nSPS) is 19.5. The largest absolute Gasteiger partial charge is 0.481 e. The Balaban J connectivity index is 1.52. The molecule has 2 aromatic carbocycles. The van der Waals surface area contributed by atoms with E-state index in [0.29, 0.717) is 6.54 Å². The molecule has 6 heteroatoms. The first-order valence-electron chi connectivity index (χ1n) is 9.02. The van der Waals surface area contributed by atoms with Gasteiger partial charge in [0, 0.05) is 19.0 Å². The SMILES string of the molecule is Cc1nc2ccc(CC(=O)N3C[C@@H](C(=O)O)[C@H](c4ccccc4)C3)cc2[nH]1. The lowest BCUT2D eigenvalue weighted by Gasteiger charge is -2.16. The molecule has 27 heavy (non-hydrogen) atoms. The van der Waals surface area contributed by atoms with E-state index >= 15 is 0 Å². The van der Waals surface area contributed by atoms with E-state index < -0.39 is 11.9 Å². The van der Waals surface area contributed by atoms with Gasteiger partial charge in [0.25, 0.3) is 0 Å². The molecule has 2 N–H and O–H groups in total. The number of carbonyl (C=O) groups excluding carboxylic acids is 1. The highest BCUT2D eigenvalue weighted by Gasteiger charge is 2.40. The molecule has 0 saturated carbocycles. The van der Waals surface area contributed by atoms with Crippen LogP contribution in [0.3, 0.4) is 0 Å². The molecular weight excluding hydrogens is 342 g/mol. The number of rotatable bonds is 4. The van der Waals surface area contributed by atoms with Gasteiger partial charge in [-0.15, -0.1) is 0 Å². The number of aromatic amines is 1. The van der Waals surface area contributed by atoms with E-state index in [9.17, 15) is 14.7 Å². The molecule has 1 aliphatic heterocycles. The molecule has 138 valence electrons. The van der Waals surface area contributed by atoms with Gasteiger partial charge in [-0.05, 0) is 30.2 Å². The number of fused-ring (bicyclic) bond motifs is 1. The van der Waals surface area contributed by atoms with Crippen LogP contribution in [0.1, 0.15) is 22.9 Å². The fourth-order valence-corrected chi connectivity index (χ4v) is 3.88. The number of carboxylic acid groups (broad SMARTS) is 1. The predicted octanol–water partition coefficient (Wildman–Crippen LogP) is 2.74. The minimum absolute atomic E-state index is 0.0460. The first-order chi connectivity index (χ1) is 13.0. The van der Waals surface area contributed by atoms with E-state index in [2.05, 4.69) is 9.97 Å². The Morgan fingerprint density at radius 3 is 2.70 bits per heavy atom. The van der Waals surface area contributed by atoms with Gasteiger partial charge in [-0.3, -0.25) is 9.59 Å². The second-order valence-corrected chi connectivity index (χ2v) is 7.11. The summed E-state index contributed by atoms with van der Waals surface area (Å²) in [5.74, 6) is -0.814. The number of carboxylic acids is 1.